The molecule has 54 heavy (non-hydrogen) atoms. The molecule has 0 saturated heterocycles. The molecular formula is C49H33N5. The zero-order valence-electron chi connectivity index (χ0n) is 29.3. The van der Waals surface area contributed by atoms with Gasteiger partial charge < -0.3 is 0 Å². The van der Waals surface area contributed by atoms with Gasteiger partial charge in [-0.2, -0.15) is 0 Å². The predicted molar refractivity (Wildman–Crippen MR) is 219 cm³/mol. The molecule has 0 fully saturated rings. The molecule has 254 valence electrons. The van der Waals surface area contributed by atoms with E-state index in [1.807, 2.05) is 91.0 Å². The fourth-order valence-corrected chi connectivity index (χ4v) is 6.56. The van der Waals surface area contributed by atoms with Gasteiger partial charge in [0.2, 0.25) is 0 Å². The molecule has 2 aromatic heterocycles. The van der Waals surface area contributed by atoms with E-state index in [2.05, 4.69) is 109 Å². The van der Waals surface area contributed by atoms with E-state index in [0.717, 1.165) is 61.5 Å². The lowest BCUT2D eigenvalue weighted by atomic mass is 9.99. The van der Waals surface area contributed by atoms with Crippen LogP contribution in [0.1, 0.15) is 0 Å². The first-order valence-corrected chi connectivity index (χ1v) is 17.9. The number of aromatic nitrogens is 5. The molecule has 5 heteroatoms. The van der Waals surface area contributed by atoms with Gasteiger partial charge in [0.25, 0.3) is 0 Å². The Hall–Kier alpha value is -7.37. The van der Waals surface area contributed by atoms with E-state index in [9.17, 15) is 0 Å². The van der Waals surface area contributed by atoms with Crippen LogP contribution in [0.3, 0.4) is 0 Å². The van der Waals surface area contributed by atoms with Gasteiger partial charge >= 0.3 is 0 Å². The van der Waals surface area contributed by atoms with Crippen molar-refractivity contribution < 1.29 is 0 Å². The molecular weight excluding hydrogens is 659 g/mol. The summed E-state index contributed by atoms with van der Waals surface area (Å²) in [5.41, 5.74) is 11.9. The lowest BCUT2D eigenvalue weighted by Crippen LogP contribution is -2.00. The summed E-state index contributed by atoms with van der Waals surface area (Å²) in [5.74, 6) is 2.54. The number of nitrogens with zero attached hydrogens (tertiary/aromatic N) is 5. The Morgan fingerprint density at radius 1 is 0.185 bits per heavy atom. The number of rotatable bonds is 8. The molecule has 9 rings (SSSR count). The van der Waals surface area contributed by atoms with Crippen molar-refractivity contribution in [2.24, 2.45) is 0 Å². The van der Waals surface area contributed by atoms with Gasteiger partial charge in [-0.3, -0.25) is 0 Å². The zero-order valence-corrected chi connectivity index (χ0v) is 29.3. The predicted octanol–water partition coefficient (Wildman–Crippen LogP) is 12.0. The Labute approximate surface area is 314 Å². The lowest BCUT2D eigenvalue weighted by molar-refractivity contribution is 1.07. The SMILES string of the molecule is c1ccc(-c2ccc(-c3cc(-c4ccccc4)nc(-c4cccc(-c5cccc(-c6nc(-c7ccccc7)nc(-c7ccccc7)n6)c5)c4)n3)cc2)cc1. The number of benzene rings is 7. The van der Waals surface area contributed by atoms with Crippen molar-refractivity contribution in [2.45, 2.75) is 0 Å². The van der Waals surface area contributed by atoms with Crippen LogP contribution in [-0.2, 0) is 0 Å². The van der Waals surface area contributed by atoms with Gasteiger partial charge in [-0.25, -0.2) is 24.9 Å². The highest BCUT2D eigenvalue weighted by Gasteiger charge is 2.15. The van der Waals surface area contributed by atoms with Crippen molar-refractivity contribution in [1.82, 2.24) is 24.9 Å². The van der Waals surface area contributed by atoms with Gasteiger partial charge in [-0.05, 0) is 40.5 Å². The van der Waals surface area contributed by atoms with Crippen LogP contribution in [0.2, 0.25) is 0 Å². The maximum absolute atomic E-state index is 5.14. The minimum Gasteiger partial charge on any atom is -0.228 e. The van der Waals surface area contributed by atoms with Crippen molar-refractivity contribution >= 4 is 0 Å². The van der Waals surface area contributed by atoms with E-state index in [-0.39, 0.29) is 0 Å². The summed E-state index contributed by atoms with van der Waals surface area (Å²) in [6.45, 7) is 0. The summed E-state index contributed by atoms with van der Waals surface area (Å²) in [6, 6.07) is 68.2. The molecule has 0 N–H and O–H groups in total. The molecule has 7 aromatic carbocycles. The van der Waals surface area contributed by atoms with Crippen LogP contribution in [0.15, 0.2) is 200 Å². The van der Waals surface area contributed by atoms with Crippen molar-refractivity contribution in [1.29, 1.82) is 0 Å². The molecule has 0 aliphatic heterocycles. The molecule has 0 amide bonds. The van der Waals surface area contributed by atoms with E-state index in [4.69, 9.17) is 24.9 Å². The maximum Gasteiger partial charge on any atom is 0.164 e. The van der Waals surface area contributed by atoms with Gasteiger partial charge in [0.05, 0.1) is 11.4 Å². The third-order valence-corrected chi connectivity index (χ3v) is 9.36. The molecule has 0 bridgehead atoms. The Balaban J connectivity index is 1.10. The van der Waals surface area contributed by atoms with E-state index in [1.165, 1.54) is 5.56 Å². The third-order valence-electron chi connectivity index (χ3n) is 9.36. The topological polar surface area (TPSA) is 64.5 Å². The number of hydrogen-bond acceptors (Lipinski definition) is 5. The normalized spacial score (nSPS) is 11.0. The summed E-state index contributed by atoms with van der Waals surface area (Å²) in [4.78, 5) is 25.0. The van der Waals surface area contributed by atoms with Crippen molar-refractivity contribution in [3.8, 4) is 90.3 Å². The quantitative estimate of drug-likeness (QED) is 0.159. The smallest absolute Gasteiger partial charge is 0.164 e. The summed E-state index contributed by atoms with van der Waals surface area (Å²) in [7, 11) is 0. The van der Waals surface area contributed by atoms with Crippen LogP contribution in [0, 0.1) is 0 Å². The van der Waals surface area contributed by atoms with Crippen LogP contribution < -0.4 is 0 Å². The maximum atomic E-state index is 5.14. The van der Waals surface area contributed by atoms with E-state index < -0.39 is 0 Å². The Bertz CT molecular complexity index is 2620. The Morgan fingerprint density at radius 2 is 0.481 bits per heavy atom. The summed E-state index contributed by atoms with van der Waals surface area (Å²) in [5, 5.41) is 0. The molecule has 0 radical (unpaired) electrons. The first-order chi connectivity index (χ1) is 26.7. The third kappa shape index (κ3) is 6.94. The largest absolute Gasteiger partial charge is 0.228 e. The fourth-order valence-electron chi connectivity index (χ4n) is 6.56. The minimum absolute atomic E-state index is 0.613. The Morgan fingerprint density at radius 3 is 0.944 bits per heavy atom. The standard InChI is InChI=1S/C49H33N5/c1-5-15-34(16-6-1)35-27-29-37(30-28-35)45-33-44(36-17-7-2-8-18-36)50-48(51-45)42-25-13-23-40(31-42)41-24-14-26-43(32-41)49-53-46(38-19-9-3-10-20-38)52-47(54-49)39-21-11-4-12-22-39/h1-33H. The number of hydrogen-bond donors (Lipinski definition) is 0. The Kier molecular flexibility index (Phi) is 8.86. The van der Waals surface area contributed by atoms with Gasteiger partial charge in [-0.1, -0.05) is 182 Å². The summed E-state index contributed by atoms with van der Waals surface area (Å²) in [6.07, 6.45) is 0. The summed E-state index contributed by atoms with van der Waals surface area (Å²) >= 11 is 0. The molecule has 5 nitrogen and oxygen atoms in total. The average Bonchev–Trinajstić information content (AvgIpc) is 3.27. The lowest BCUT2D eigenvalue weighted by Gasteiger charge is -2.12. The molecule has 0 unspecified atom stereocenters. The van der Waals surface area contributed by atoms with Crippen molar-refractivity contribution in [3.05, 3.63) is 200 Å². The van der Waals surface area contributed by atoms with Crippen LogP contribution in [0.4, 0.5) is 0 Å². The molecule has 2 heterocycles. The highest BCUT2D eigenvalue weighted by molar-refractivity contribution is 5.78. The van der Waals surface area contributed by atoms with Gasteiger partial charge in [-0.15, -0.1) is 0 Å². The summed E-state index contributed by atoms with van der Waals surface area (Å²) < 4.78 is 0. The molecule has 9 aromatic rings. The van der Waals surface area contributed by atoms with Crippen LogP contribution in [-0.4, -0.2) is 24.9 Å². The first-order valence-electron chi connectivity index (χ1n) is 17.9. The van der Waals surface area contributed by atoms with Crippen LogP contribution in [0.5, 0.6) is 0 Å². The van der Waals surface area contributed by atoms with Gasteiger partial charge in [0.15, 0.2) is 23.3 Å². The minimum atomic E-state index is 0.613. The highest BCUT2D eigenvalue weighted by atomic mass is 15.0. The average molecular weight is 692 g/mol. The van der Waals surface area contributed by atoms with Crippen LogP contribution >= 0.6 is 0 Å². The van der Waals surface area contributed by atoms with Crippen molar-refractivity contribution in [2.75, 3.05) is 0 Å². The second-order valence-electron chi connectivity index (χ2n) is 13.0. The second-order valence-corrected chi connectivity index (χ2v) is 13.0. The van der Waals surface area contributed by atoms with Crippen molar-refractivity contribution in [3.63, 3.8) is 0 Å². The molecule has 0 atom stereocenters. The molecule has 0 saturated carbocycles. The first kappa shape index (κ1) is 32.5. The van der Waals surface area contributed by atoms with Crippen LogP contribution in [0.25, 0.3) is 90.3 Å². The highest BCUT2D eigenvalue weighted by Crippen LogP contribution is 2.33. The van der Waals surface area contributed by atoms with E-state index in [1.54, 1.807) is 0 Å². The van der Waals surface area contributed by atoms with E-state index in [0.29, 0.717) is 23.3 Å². The monoisotopic (exact) mass is 691 g/mol. The second kappa shape index (κ2) is 14.7. The fraction of sp³-hybridized carbons (Fsp3) is 0. The molecule has 0 aliphatic carbocycles. The van der Waals surface area contributed by atoms with Gasteiger partial charge in [0, 0.05) is 33.4 Å². The molecule has 0 spiro atoms. The van der Waals surface area contributed by atoms with E-state index >= 15 is 0 Å². The zero-order chi connectivity index (χ0) is 36.1. The van der Waals surface area contributed by atoms with Gasteiger partial charge in [0.1, 0.15) is 0 Å². The molecule has 0 aliphatic rings.